The Hall–Kier alpha value is -2.56. The number of rotatable bonds is 6. The lowest BCUT2D eigenvalue weighted by Crippen LogP contribution is -2.31. The minimum absolute atomic E-state index is 0.0492. The van der Waals surface area contributed by atoms with Crippen LogP contribution in [0, 0.1) is 10.1 Å². The third-order valence-corrected chi connectivity index (χ3v) is 5.82. The van der Waals surface area contributed by atoms with E-state index in [0.29, 0.717) is 14.9 Å². The highest BCUT2D eigenvalue weighted by Gasteiger charge is 2.32. The summed E-state index contributed by atoms with van der Waals surface area (Å²) in [4.78, 5) is 36.8. The van der Waals surface area contributed by atoms with Gasteiger partial charge < -0.3 is 5.32 Å². The Kier molecular flexibility index (Phi) is 6.78. The number of hydrogen-bond donors (Lipinski definition) is 1. The largest absolute Gasteiger partial charge is 0.326 e. The second-order valence-electron chi connectivity index (χ2n) is 5.99. The van der Waals surface area contributed by atoms with E-state index in [1.807, 2.05) is 24.3 Å². The third-order valence-electron chi connectivity index (χ3n) is 3.94. The first-order valence-corrected chi connectivity index (χ1v) is 10.4. The molecule has 0 saturated carbocycles. The van der Waals surface area contributed by atoms with Crippen molar-refractivity contribution in [2.45, 2.75) is 6.42 Å². The Morgan fingerprint density at radius 2 is 2.00 bits per heavy atom. The molecule has 29 heavy (non-hydrogen) atoms. The number of anilines is 1. The molecule has 0 atom stereocenters. The van der Waals surface area contributed by atoms with Crippen LogP contribution >= 0.6 is 39.9 Å². The van der Waals surface area contributed by atoms with Gasteiger partial charge in [-0.25, -0.2) is 0 Å². The van der Waals surface area contributed by atoms with Crippen LogP contribution in [0.4, 0.5) is 11.4 Å². The number of amides is 2. The first-order valence-electron chi connectivity index (χ1n) is 8.39. The van der Waals surface area contributed by atoms with Gasteiger partial charge in [-0.05, 0) is 35.9 Å². The fourth-order valence-corrected chi connectivity index (χ4v) is 4.27. The van der Waals surface area contributed by atoms with Crippen LogP contribution in [0.1, 0.15) is 12.0 Å². The zero-order valence-corrected chi connectivity index (χ0v) is 18.1. The lowest BCUT2D eigenvalue weighted by atomic mass is 10.2. The molecule has 1 saturated heterocycles. The van der Waals surface area contributed by atoms with Gasteiger partial charge in [-0.15, -0.1) is 0 Å². The van der Waals surface area contributed by atoms with Gasteiger partial charge in [0, 0.05) is 35.3 Å². The average Bonchev–Trinajstić information content (AvgIpc) is 2.93. The number of nitro groups is 1. The Balaban J connectivity index is 1.58. The maximum absolute atomic E-state index is 12.6. The molecule has 0 unspecified atom stereocenters. The first kappa shape index (κ1) is 21.2. The van der Waals surface area contributed by atoms with E-state index in [2.05, 4.69) is 21.2 Å². The number of benzene rings is 2. The molecule has 10 heteroatoms. The summed E-state index contributed by atoms with van der Waals surface area (Å²) in [5, 5.41) is 13.3. The van der Waals surface area contributed by atoms with Gasteiger partial charge in [0.15, 0.2) is 0 Å². The van der Waals surface area contributed by atoms with Crippen molar-refractivity contribution in [1.29, 1.82) is 0 Å². The number of non-ortho nitro benzene ring substituents is 1. The molecule has 7 nitrogen and oxygen atoms in total. The SMILES string of the molecule is O=C(CCN1C(=O)C(=Cc2cccc(Br)c2)SC1=S)Nc1ccc([N+](=O)[O-])cc1. The molecule has 2 aromatic rings. The summed E-state index contributed by atoms with van der Waals surface area (Å²) >= 11 is 9.87. The fourth-order valence-electron chi connectivity index (χ4n) is 2.54. The molecule has 0 radical (unpaired) electrons. The number of nitro benzene ring substituents is 1. The molecule has 1 N–H and O–H groups in total. The van der Waals surface area contributed by atoms with E-state index < -0.39 is 4.92 Å². The highest BCUT2D eigenvalue weighted by atomic mass is 79.9. The van der Waals surface area contributed by atoms with Gasteiger partial charge in [0.2, 0.25) is 5.91 Å². The molecule has 1 aliphatic heterocycles. The molecule has 0 bridgehead atoms. The number of halogens is 1. The highest BCUT2D eigenvalue weighted by Crippen LogP contribution is 2.33. The Morgan fingerprint density at radius 3 is 2.66 bits per heavy atom. The van der Waals surface area contributed by atoms with Crippen LogP contribution in [0.25, 0.3) is 6.08 Å². The Bertz CT molecular complexity index is 1020. The second-order valence-corrected chi connectivity index (χ2v) is 8.58. The van der Waals surface area contributed by atoms with Gasteiger partial charge in [-0.3, -0.25) is 24.6 Å². The van der Waals surface area contributed by atoms with Crippen LogP contribution in [0.3, 0.4) is 0 Å². The molecule has 1 aliphatic rings. The van der Waals surface area contributed by atoms with E-state index in [1.165, 1.54) is 40.9 Å². The van der Waals surface area contributed by atoms with Crippen LogP contribution < -0.4 is 5.32 Å². The molecule has 0 aliphatic carbocycles. The van der Waals surface area contributed by atoms with Crippen LogP contribution in [0.15, 0.2) is 57.9 Å². The number of nitrogens with one attached hydrogen (secondary N) is 1. The number of hydrogen-bond acceptors (Lipinski definition) is 6. The summed E-state index contributed by atoms with van der Waals surface area (Å²) in [6, 6.07) is 13.1. The fraction of sp³-hybridized carbons (Fsp3) is 0.105. The van der Waals surface area contributed by atoms with Gasteiger partial charge in [0.25, 0.3) is 11.6 Å². The standard InChI is InChI=1S/C19H14BrN3O4S2/c20-13-3-1-2-12(10-13)11-16-18(25)22(19(28)29-16)9-8-17(24)21-14-4-6-15(7-5-14)23(26)27/h1-7,10-11H,8-9H2,(H,21,24). The van der Waals surface area contributed by atoms with Gasteiger partial charge in [0.05, 0.1) is 9.83 Å². The quantitative estimate of drug-likeness (QED) is 0.275. The normalized spacial score (nSPS) is 15.1. The molecular weight excluding hydrogens is 478 g/mol. The molecule has 1 heterocycles. The number of thiocarbonyl (C=S) groups is 1. The zero-order chi connectivity index (χ0) is 21.0. The minimum Gasteiger partial charge on any atom is -0.326 e. The molecule has 0 spiro atoms. The van der Waals surface area contributed by atoms with E-state index >= 15 is 0 Å². The van der Waals surface area contributed by atoms with Crippen LogP contribution in [0.2, 0.25) is 0 Å². The molecule has 1 fully saturated rings. The van der Waals surface area contributed by atoms with E-state index in [4.69, 9.17) is 12.2 Å². The van der Waals surface area contributed by atoms with E-state index in [1.54, 1.807) is 6.08 Å². The summed E-state index contributed by atoms with van der Waals surface area (Å²) < 4.78 is 1.31. The topological polar surface area (TPSA) is 92.6 Å². The molecular formula is C19H14BrN3O4S2. The maximum Gasteiger partial charge on any atom is 0.269 e. The summed E-state index contributed by atoms with van der Waals surface area (Å²) in [5.41, 5.74) is 1.26. The average molecular weight is 492 g/mol. The predicted octanol–water partition coefficient (Wildman–Crippen LogP) is 4.59. The number of nitrogens with zero attached hydrogens (tertiary/aromatic N) is 2. The van der Waals surface area contributed by atoms with Crippen molar-refractivity contribution in [3.63, 3.8) is 0 Å². The van der Waals surface area contributed by atoms with Crippen LogP contribution in [-0.2, 0) is 9.59 Å². The third kappa shape index (κ3) is 5.49. The second kappa shape index (κ2) is 9.29. The van der Waals surface area contributed by atoms with E-state index in [0.717, 1.165) is 10.0 Å². The summed E-state index contributed by atoms with van der Waals surface area (Å²) in [6.45, 7) is 0.152. The van der Waals surface area contributed by atoms with Crippen molar-refractivity contribution in [3.05, 3.63) is 73.6 Å². The van der Waals surface area contributed by atoms with Crippen LogP contribution in [0.5, 0.6) is 0 Å². The van der Waals surface area contributed by atoms with Crippen molar-refractivity contribution in [2.75, 3.05) is 11.9 Å². The minimum atomic E-state index is -0.511. The summed E-state index contributed by atoms with van der Waals surface area (Å²) in [5.74, 6) is -0.549. The molecule has 148 valence electrons. The van der Waals surface area contributed by atoms with Crippen molar-refractivity contribution in [1.82, 2.24) is 4.90 Å². The smallest absolute Gasteiger partial charge is 0.269 e. The van der Waals surface area contributed by atoms with Crippen molar-refractivity contribution < 1.29 is 14.5 Å². The monoisotopic (exact) mass is 491 g/mol. The lowest BCUT2D eigenvalue weighted by Gasteiger charge is -2.14. The number of carbonyl (C=O) groups is 2. The molecule has 2 aromatic carbocycles. The van der Waals surface area contributed by atoms with Crippen molar-refractivity contribution >= 4 is 73.5 Å². The zero-order valence-electron chi connectivity index (χ0n) is 14.8. The van der Waals surface area contributed by atoms with E-state index in [-0.39, 0.29) is 30.5 Å². The lowest BCUT2D eigenvalue weighted by molar-refractivity contribution is -0.384. The number of carbonyl (C=O) groups excluding carboxylic acids is 2. The highest BCUT2D eigenvalue weighted by molar-refractivity contribution is 9.10. The van der Waals surface area contributed by atoms with Gasteiger partial charge in [-0.1, -0.05) is 52.0 Å². The van der Waals surface area contributed by atoms with E-state index in [9.17, 15) is 19.7 Å². The Morgan fingerprint density at radius 1 is 1.28 bits per heavy atom. The van der Waals surface area contributed by atoms with Gasteiger partial charge >= 0.3 is 0 Å². The first-order chi connectivity index (χ1) is 13.8. The van der Waals surface area contributed by atoms with Crippen molar-refractivity contribution in [2.24, 2.45) is 0 Å². The summed E-state index contributed by atoms with van der Waals surface area (Å²) in [7, 11) is 0. The van der Waals surface area contributed by atoms with Gasteiger partial charge in [-0.2, -0.15) is 0 Å². The number of thioether (sulfide) groups is 1. The molecule has 3 rings (SSSR count). The Labute approximate surface area is 184 Å². The molecule has 2 amide bonds. The predicted molar refractivity (Wildman–Crippen MR) is 120 cm³/mol. The van der Waals surface area contributed by atoms with Crippen molar-refractivity contribution in [3.8, 4) is 0 Å². The molecule has 0 aromatic heterocycles. The van der Waals surface area contributed by atoms with Crippen LogP contribution in [-0.4, -0.2) is 32.5 Å². The maximum atomic E-state index is 12.6. The summed E-state index contributed by atoms with van der Waals surface area (Å²) in [6.07, 6.45) is 1.81. The van der Waals surface area contributed by atoms with Gasteiger partial charge in [0.1, 0.15) is 4.32 Å².